The van der Waals surface area contributed by atoms with Crippen LogP contribution in [0.5, 0.6) is 0 Å². The van der Waals surface area contributed by atoms with E-state index in [2.05, 4.69) is 35.9 Å². The molecule has 0 bridgehead atoms. The van der Waals surface area contributed by atoms with Crippen LogP contribution in [0.3, 0.4) is 0 Å². The van der Waals surface area contributed by atoms with Crippen molar-refractivity contribution in [3.63, 3.8) is 0 Å². The molecular weight excluding hydrogens is 254 g/mol. The Balaban J connectivity index is 1.67. The van der Waals surface area contributed by atoms with E-state index in [1.54, 1.807) is 0 Å². The van der Waals surface area contributed by atoms with Crippen molar-refractivity contribution >= 4 is 5.91 Å². The van der Waals surface area contributed by atoms with E-state index in [0.717, 1.165) is 45.7 Å². The van der Waals surface area contributed by atoms with E-state index < -0.39 is 0 Å². The standard InChI is InChI=1S/C15H27N3O2/c1-11(2)13-16-15(4-5-15)14(19)18(13)12(3)10-17-6-8-20-9-7-17/h11-13,16H,4-10H2,1-3H3. The smallest absolute Gasteiger partial charge is 0.244 e. The van der Waals surface area contributed by atoms with E-state index in [0.29, 0.717) is 11.8 Å². The highest BCUT2D eigenvalue weighted by atomic mass is 16.5. The molecule has 1 aliphatic carbocycles. The van der Waals surface area contributed by atoms with Crippen LogP contribution in [0.1, 0.15) is 33.6 Å². The van der Waals surface area contributed by atoms with Crippen molar-refractivity contribution in [2.45, 2.75) is 51.4 Å². The third-order valence-electron chi connectivity index (χ3n) is 4.85. The molecule has 0 aromatic heterocycles. The maximum atomic E-state index is 12.7. The van der Waals surface area contributed by atoms with E-state index in [1.165, 1.54) is 0 Å². The molecule has 1 N–H and O–H groups in total. The van der Waals surface area contributed by atoms with Crippen LogP contribution < -0.4 is 5.32 Å². The summed E-state index contributed by atoms with van der Waals surface area (Å²) >= 11 is 0. The summed E-state index contributed by atoms with van der Waals surface area (Å²) in [7, 11) is 0. The molecule has 2 saturated heterocycles. The van der Waals surface area contributed by atoms with Crippen LogP contribution in [0.15, 0.2) is 0 Å². The van der Waals surface area contributed by atoms with E-state index in [9.17, 15) is 4.79 Å². The molecule has 1 amide bonds. The predicted molar refractivity (Wildman–Crippen MR) is 77.3 cm³/mol. The zero-order chi connectivity index (χ0) is 14.3. The van der Waals surface area contributed by atoms with Crippen molar-refractivity contribution in [2.75, 3.05) is 32.8 Å². The first-order valence-electron chi connectivity index (χ1n) is 7.94. The number of amides is 1. The summed E-state index contributed by atoms with van der Waals surface area (Å²) in [5.74, 6) is 0.781. The van der Waals surface area contributed by atoms with Gasteiger partial charge in [0.15, 0.2) is 0 Å². The van der Waals surface area contributed by atoms with Gasteiger partial charge in [-0.15, -0.1) is 0 Å². The van der Waals surface area contributed by atoms with Crippen molar-refractivity contribution < 1.29 is 9.53 Å². The van der Waals surface area contributed by atoms with E-state index in [-0.39, 0.29) is 17.7 Å². The Morgan fingerprint density at radius 3 is 2.50 bits per heavy atom. The monoisotopic (exact) mass is 281 g/mol. The quantitative estimate of drug-likeness (QED) is 0.822. The molecular formula is C15H27N3O2. The van der Waals surface area contributed by atoms with Gasteiger partial charge in [0.25, 0.3) is 0 Å². The summed E-state index contributed by atoms with van der Waals surface area (Å²) in [4.78, 5) is 17.2. The Bertz CT molecular complexity index is 375. The number of carbonyl (C=O) groups excluding carboxylic acids is 1. The Hall–Kier alpha value is -0.650. The number of rotatable bonds is 4. The van der Waals surface area contributed by atoms with Gasteiger partial charge in [-0.2, -0.15) is 0 Å². The van der Waals surface area contributed by atoms with Crippen LogP contribution >= 0.6 is 0 Å². The van der Waals surface area contributed by atoms with Crippen LogP contribution in [0.25, 0.3) is 0 Å². The molecule has 3 fully saturated rings. The molecule has 2 heterocycles. The number of nitrogens with one attached hydrogen (secondary N) is 1. The highest BCUT2D eigenvalue weighted by molar-refractivity contribution is 5.92. The fourth-order valence-electron chi connectivity index (χ4n) is 3.48. The van der Waals surface area contributed by atoms with Crippen LogP contribution in [-0.4, -0.2) is 66.3 Å². The summed E-state index contributed by atoms with van der Waals surface area (Å²) in [5.41, 5.74) is -0.200. The highest BCUT2D eigenvalue weighted by Gasteiger charge is 2.60. The minimum Gasteiger partial charge on any atom is -0.379 e. The van der Waals surface area contributed by atoms with Crippen LogP contribution in [-0.2, 0) is 9.53 Å². The Labute approximate surface area is 121 Å². The largest absolute Gasteiger partial charge is 0.379 e. The van der Waals surface area contributed by atoms with E-state index >= 15 is 0 Å². The van der Waals surface area contributed by atoms with Crippen molar-refractivity contribution in [2.24, 2.45) is 5.92 Å². The highest BCUT2D eigenvalue weighted by Crippen LogP contribution is 2.44. The molecule has 20 heavy (non-hydrogen) atoms. The molecule has 0 aromatic carbocycles. The number of nitrogens with zero attached hydrogens (tertiary/aromatic N) is 2. The second-order valence-electron chi connectivity index (χ2n) is 6.89. The van der Waals surface area contributed by atoms with Gasteiger partial charge in [-0.05, 0) is 25.7 Å². The molecule has 5 heteroatoms. The molecule has 0 radical (unpaired) electrons. The van der Waals surface area contributed by atoms with Gasteiger partial charge >= 0.3 is 0 Å². The van der Waals surface area contributed by atoms with Gasteiger partial charge in [-0.3, -0.25) is 15.0 Å². The summed E-state index contributed by atoms with van der Waals surface area (Å²) in [6.07, 6.45) is 2.21. The molecule has 2 atom stereocenters. The average molecular weight is 281 g/mol. The maximum absolute atomic E-state index is 12.7. The molecule has 3 aliphatic rings. The molecule has 114 valence electrons. The zero-order valence-corrected chi connectivity index (χ0v) is 12.9. The molecule has 0 aromatic rings. The van der Waals surface area contributed by atoms with E-state index in [4.69, 9.17) is 4.74 Å². The summed E-state index contributed by atoms with van der Waals surface area (Å²) in [6.45, 7) is 11.1. The Morgan fingerprint density at radius 1 is 1.30 bits per heavy atom. The molecule has 1 saturated carbocycles. The van der Waals surface area contributed by atoms with Crippen molar-refractivity contribution in [1.82, 2.24) is 15.1 Å². The lowest BCUT2D eigenvalue weighted by atomic mass is 10.1. The second-order valence-corrected chi connectivity index (χ2v) is 6.89. The molecule has 5 nitrogen and oxygen atoms in total. The molecule has 1 spiro atoms. The maximum Gasteiger partial charge on any atom is 0.244 e. The van der Waals surface area contributed by atoms with Gasteiger partial charge in [0.2, 0.25) is 5.91 Å². The van der Waals surface area contributed by atoms with Gasteiger partial charge in [-0.25, -0.2) is 0 Å². The fraction of sp³-hybridized carbons (Fsp3) is 0.933. The second kappa shape index (κ2) is 5.28. The van der Waals surface area contributed by atoms with Gasteiger partial charge < -0.3 is 9.64 Å². The number of hydrogen-bond donors (Lipinski definition) is 1. The molecule has 2 aliphatic heterocycles. The SMILES string of the molecule is CC(C)C1NC2(CC2)C(=O)N1C(C)CN1CCOCC1. The third kappa shape index (κ3) is 2.47. The lowest BCUT2D eigenvalue weighted by molar-refractivity contribution is -0.133. The van der Waals surface area contributed by atoms with Crippen LogP contribution in [0, 0.1) is 5.92 Å². The Morgan fingerprint density at radius 2 is 1.95 bits per heavy atom. The summed E-state index contributed by atoms with van der Waals surface area (Å²) in [5, 5.41) is 3.59. The molecule has 2 unspecified atom stereocenters. The first-order valence-corrected chi connectivity index (χ1v) is 7.94. The third-order valence-corrected chi connectivity index (χ3v) is 4.85. The minimum absolute atomic E-state index is 0.195. The van der Waals surface area contributed by atoms with Gasteiger partial charge in [0, 0.05) is 25.7 Å². The van der Waals surface area contributed by atoms with E-state index in [1.807, 2.05) is 0 Å². The number of carbonyl (C=O) groups is 1. The first kappa shape index (κ1) is 14.3. The first-order chi connectivity index (χ1) is 9.53. The minimum atomic E-state index is -0.200. The topological polar surface area (TPSA) is 44.8 Å². The van der Waals surface area contributed by atoms with Crippen molar-refractivity contribution in [3.8, 4) is 0 Å². The summed E-state index contributed by atoms with van der Waals surface area (Å²) in [6, 6.07) is 0.264. The van der Waals surface area contributed by atoms with Crippen molar-refractivity contribution in [3.05, 3.63) is 0 Å². The predicted octanol–water partition coefficient (Wildman–Crippen LogP) is 0.654. The zero-order valence-electron chi connectivity index (χ0n) is 12.9. The lowest BCUT2D eigenvalue weighted by Gasteiger charge is -2.36. The van der Waals surface area contributed by atoms with Gasteiger partial charge in [0.1, 0.15) is 0 Å². The van der Waals surface area contributed by atoms with Gasteiger partial charge in [0.05, 0.1) is 24.9 Å². The van der Waals surface area contributed by atoms with Crippen LogP contribution in [0.4, 0.5) is 0 Å². The van der Waals surface area contributed by atoms with Crippen LogP contribution in [0.2, 0.25) is 0 Å². The number of ether oxygens (including phenoxy) is 1. The van der Waals surface area contributed by atoms with Gasteiger partial charge in [-0.1, -0.05) is 13.8 Å². The molecule has 3 rings (SSSR count). The Kier molecular flexibility index (Phi) is 3.77. The average Bonchev–Trinajstić information content (AvgIpc) is 3.13. The normalized spacial score (nSPS) is 31.3. The fourth-order valence-corrected chi connectivity index (χ4v) is 3.48. The summed E-state index contributed by atoms with van der Waals surface area (Å²) < 4.78 is 5.40. The lowest BCUT2D eigenvalue weighted by Crippen LogP contribution is -2.51. The van der Waals surface area contributed by atoms with Crippen molar-refractivity contribution in [1.29, 1.82) is 0 Å². The number of hydrogen-bond acceptors (Lipinski definition) is 4. The number of morpholine rings is 1.